The van der Waals surface area contributed by atoms with Gasteiger partial charge >= 0.3 is 0 Å². The summed E-state index contributed by atoms with van der Waals surface area (Å²) in [5.74, 6) is 1.19. The van der Waals surface area contributed by atoms with Gasteiger partial charge in [0.05, 0.1) is 11.8 Å². The van der Waals surface area contributed by atoms with E-state index in [2.05, 4.69) is 5.16 Å². The normalized spacial score (nSPS) is 15.1. The Morgan fingerprint density at radius 2 is 1.77 bits per heavy atom. The average Bonchev–Trinajstić information content (AvgIpc) is 3.49. The van der Waals surface area contributed by atoms with Gasteiger partial charge in [-0.15, -0.1) is 0 Å². The lowest BCUT2D eigenvalue weighted by molar-refractivity contribution is 0.0511. The Labute approximate surface area is 175 Å². The lowest BCUT2D eigenvalue weighted by atomic mass is 9.96. The van der Waals surface area contributed by atoms with Gasteiger partial charge in [0.25, 0.3) is 10.1 Å². The molecule has 0 amide bonds. The minimum atomic E-state index is -3.66. The van der Waals surface area contributed by atoms with Crippen molar-refractivity contribution in [3.8, 4) is 28.1 Å². The molecule has 4 rings (SSSR count). The second-order valence-electron chi connectivity index (χ2n) is 7.27. The molecule has 7 nitrogen and oxygen atoms in total. The van der Waals surface area contributed by atoms with Crippen LogP contribution in [-0.4, -0.2) is 33.7 Å². The average molecular weight is 429 g/mol. The van der Waals surface area contributed by atoms with Crippen molar-refractivity contribution >= 4 is 10.1 Å². The van der Waals surface area contributed by atoms with E-state index in [0.717, 1.165) is 35.8 Å². The molecular weight excluding hydrogens is 406 g/mol. The first-order valence-corrected chi connectivity index (χ1v) is 11.4. The highest BCUT2D eigenvalue weighted by atomic mass is 32.2. The molecule has 8 heteroatoms. The maximum Gasteiger partial charge on any atom is 0.265 e. The van der Waals surface area contributed by atoms with E-state index in [1.165, 1.54) is 0 Å². The Morgan fingerprint density at radius 1 is 1.07 bits per heavy atom. The molecule has 1 atom stereocenters. The Balaban J connectivity index is 1.78. The zero-order valence-electron chi connectivity index (χ0n) is 16.8. The van der Waals surface area contributed by atoms with Crippen LogP contribution in [-0.2, 0) is 19.0 Å². The lowest BCUT2D eigenvalue weighted by Crippen LogP contribution is -2.12. The monoisotopic (exact) mass is 429 g/mol. The molecule has 1 aliphatic carbocycles. The van der Waals surface area contributed by atoms with Crippen LogP contribution in [0.4, 0.5) is 0 Å². The predicted molar refractivity (Wildman–Crippen MR) is 111 cm³/mol. The summed E-state index contributed by atoms with van der Waals surface area (Å²) in [6, 6.07) is 17.0. The van der Waals surface area contributed by atoms with Crippen LogP contribution < -0.4 is 4.74 Å². The van der Waals surface area contributed by atoms with E-state index in [-0.39, 0.29) is 12.7 Å². The topological polar surface area (TPSA) is 87.9 Å². The van der Waals surface area contributed by atoms with Crippen molar-refractivity contribution in [3.63, 3.8) is 0 Å². The highest BCUT2D eigenvalue weighted by Crippen LogP contribution is 2.48. The highest BCUT2D eigenvalue weighted by molar-refractivity contribution is 7.86. The minimum absolute atomic E-state index is 0.0906. The largest absolute Gasteiger partial charge is 0.468 e. The molecule has 0 saturated heterocycles. The third kappa shape index (κ3) is 4.72. The molecule has 3 aromatic rings. The maximum atomic E-state index is 11.9. The van der Waals surface area contributed by atoms with Crippen LogP contribution in [0.3, 0.4) is 0 Å². The molecule has 1 aromatic heterocycles. The Bertz CT molecular complexity index is 1090. The van der Waals surface area contributed by atoms with Crippen LogP contribution in [0.5, 0.6) is 5.75 Å². The molecule has 0 bridgehead atoms. The number of ether oxygens (including phenoxy) is 2. The molecule has 1 fully saturated rings. The van der Waals surface area contributed by atoms with E-state index in [0.29, 0.717) is 17.2 Å². The molecule has 158 valence electrons. The molecule has 1 saturated carbocycles. The van der Waals surface area contributed by atoms with Gasteiger partial charge < -0.3 is 14.0 Å². The number of aromatic nitrogens is 1. The zero-order valence-corrected chi connectivity index (χ0v) is 17.6. The number of hydrogen-bond donors (Lipinski definition) is 0. The van der Waals surface area contributed by atoms with Crippen molar-refractivity contribution in [2.75, 3.05) is 20.2 Å². The van der Waals surface area contributed by atoms with Crippen molar-refractivity contribution in [2.45, 2.75) is 18.9 Å². The molecule has 0 N–H and O–H groups in total. The lowest BCUT2D eigenvalue weighted by Gasteiger charge is -2.15. The zero-order chi connectivity index (χ0) is 21.1. The maximum absolute atomic E-state index is 11.9. The quantitative estimate of drug-likeness (QED) is 0.367. The SMILES string of the molecule is COCOc1ccc(-c2noc(C(OS(C)(=O)=O)C3CC3)c2-c2ccccc2)cc1. The first-order chi connectivity index (χ1) is 14.5. The molecule has 0 spiro atoms. The van der Waals surface area contributed by atoms with Crippen molar-refractivity contribution in [1.29, 1.82) is 0 Å². The van der Waals surface area contributed by atoms with Crippen molar-refractivity contribution in [2.24, 2.45) is 5.92 Å². The summed E-state index contributed by atoms with van der Waals surface area (Å²) in [6.45, 7) is 0.161. The first-order valence-electron chi connectivity index (χ1n) is 9.61. The first kappa shape index (κ1) is 20.6. The summed E-state index contributed by atoms with van der Waals surface area (Å²) in [5.41, 5.74) is 3.06. The fraction of sp³-hybridized carbons (Fsp3) is 0.318. The molecule has 1 heterocycles. The van der Waals surface area contributed by atoms with E-state index in [1.54, 1.807) is 7.11 Å². The van der Waals surface area contributed by atoms with Gasteiger partial charge in [-0.1, -0.05) is 35.5 Å². The Morgan fingerprint density at radius 3 is 2.37 bits per heavy atom. The third-order valence-electron chi connectivity index (χ3n) is 4.84. The van der Waals surface area contributed by atoms with Gasteiger partial charge in [-0.25, -0.2) is 0 Å². The number of rotatable bonds is 9. The second kappa shape index (κ2) is 8.59. The van der Waals surface area contributed by atoms with E-state index in [4.69, 9.17) is 18.2 Å². The molecular formula is C22H23NO6S. The fourth-order valence-corrected chi connectivity index (χ4v) is 3.96. The van der Waals surface area contributed by atoms with Crippen molar-refractivity contribution in [3.05, 3.63) is 60.4 Å². The summed E-state index contributed by atoms with van der Waals surface area (Å²) in [7, 11) is -2.10. The second-order valence-corrected chi connectivity index (χ2v) is 8.87. The van der Waals surface area contributed by atoms with E-state index in [1.807, 2.05) is 54.6 Å². The number of nitrogens with zero attached hydrogens (tertiary/aromatic N) is 1. The highest BCUT2D eigenvalue weighted by Gasteiger charge is 2.40. The van der Waals surface area contributed by atoms with Crippen LogP contribution in [0.2, 0.25) is 0 Å². The standard InChI is InChI=1S/C22H23NO6S/c1-26-14-27-18-12-10-16(11-13-18)20-19(15-6-4-3-5-7-15)22(28-23-20)21(17-8-9-17)29-30(2,24)25/h3-7,10-13,17,21H,8-9,14H2,1-2H3. The van der Waals surface area contributed by atoms with Gasteiger partial charge in [-0.2, -0.15) is 8.42 Å². The number of hydrogen-bond acceptors (Lipinski definition) is 7. The van der Waals surface area contributed by atoms with E-state index in [9.17, 15) is 8.42 Å². The third-order valence-corrected chi connectivity index (χ3v) is 5.40. The van der Waals surface area contributed by atoms with Crippen LogP contribution in [0.25, 0.3) is 22.4 Å². The van der Waals surface area contributed by atoms with Crippen LogP contribution >= 0.6 is 0 Å². The molecule has 1 aliphatic rings. The van der Waals surface area contributed by atoms with Gasteiger partial charge in [0.2, 0.25) is 0 Å². The summed E-state index contributed by atoms with van der Waals surface area (Å²) in [5, 5.41) is 4.30. The summed E-state index contributed by atoms with van der Waals surface area (Å²) in [4.78, 5) is 0. The summed E-state index contributed by atoms with van der Waals surface area (Å²) < 4.78 is 45.3. The molecule has 0 aliphatic heterocycles. The molecule has 2 aromatic carbocycles. The smallest absolute Gasteiger partial charge is 0.265 e. The molecule has 0 radical (unpaired) electrons. The van der Waals surface area contributed by atoms with Crippen molar-refractivity contribution < 1.29 is 26.6 Å². The number of benzene rings is 2. The van der Waals surface area contributed by atoms with Gasteiger partial charge in [0, 0.05) is 12.7 Å². The van der Waals surface area contributed by atoms with Gasteiger partial charge in [0.1, 0.15) is 17.5 Å². The van der Waals surface area contributed by atoms with Crippen LogP contribution in [0, 0.1) is 5.92 Å². The summed E-state index contributed by atoms with van der Waals surface area (Å²) in [6.07, 6.45) is 2.13. The minimum Gasteiger partial charge on any atom is -0.468 e. The van der Waals surface area contributed by atoms with Crippen LogP contribution in [0.1, 0.15) is 24.7 Å². The fourth-order valence-electron chi connectivity index (χ4n) is 3.34. The summed E-state index contributed by atoms with van der Waals surface area (Å²) >= 11 is 0. The van der Waals surface area contributed by atoms with Crippen molar-refractivity contribution in [1.82, 2.24) is 5.16 Å². The van der Waals surface area contributed by atoms with Crippen LogP contribution in [0.15, 0.2) is 59.1 Å². The van der Waals surface area contributed by atoms with E-state index < -0.39 is 16.2 Å². The van der Waals surface area contributed by atoms with Gasteiger partial charge in [0.15, 0.2) is 12.6 Å². The van der Waals surface area contributed by atoms with Gasteiger partial charge in [-0.05, 0) is 48.6 Å². The molecule has 30 heavy (non-hydrogen) atoms. The molecule has 1 unspecified atom stereocenters. The van der Waals surface area contributed by atoms with E-state index >= 15 is 0 Å². The Kier molecular flexibility index (Phi) is 5.90. The predicted octanol–water partition coefficient (Wildman–Crippen LogP) is 4.42. The van der Waals surface area contributed by atoms with Gasteiger partial charge in [-0.3, -0.25) is 4.18 Å². The number of methoxy groups -OCH3 is 1. The Hall–Kier alpha value is -2.68.